The van der Waals surface area contributed by atoms with Gasteiger partial charge in [0.15, 0.2) is 0 Å². The standard InChI is InChI=1S/C2H3O8P.K.Na.2H/c3-1(4)9-11(7,8)10-2(5)6;;;;/h(H,3,4)(H,5,6)(H,7,8);;;;. The van der Waals surface area contributed by atoms with Crippen LogP contribution in [0.5, 0.6) is 0 Å². The third-order valence-electron chi connectivity index (χ3n) is 0.387. The first-order valence-corrected chi connectivity index (χ1v) is 3.51. The third-order valence-corrected chi connectivity index (χ3v) is 1.16. The summed E-state index contributed by atoms with van der Waals surface area (Å²) in [5.41, 5.74) is 0. The van der Waals surface area contributed by atoms with Gasteiger partial charge in [-0.25, -0.2) is 14.2 Å². The number of hydrogen-bond donors (Lipinski definition) is 3. The zero-order chi connectivity index (χ0) is 9.07. The Morgan fingerprint density at radius 1 is 1.08 bits per heavy atom. The summed E-state index contributed by atoms with van der Waals surface area (Å²) in [6.07, 6.45) is -4.20. The summed E-state index contributed by atoms with van der Waals surface area (Å²) in [6, 6.07) is 0. The quantitative estimate of drug-likeness (QED) is 0.428. The summed E-state index contributed by atoms with van der Waals surface area (Å²) < 4.78 is 16.5. The van der Waals surface area contributed by atoms with E-state index in [0.29, 0.717) is 0 Å². The molecule has 0 saturated carbocycles. The number of carbonyl (C=O) groups is 2. The van der Waals surface area contributed by atoms with Gasteiger partial charge in [-0.05, 0) is 0 Å². The van der Waals surface area contributed by atoms with Crippen LogP contribution in [-0.2, 0) is 13.6 Å². The molecule has 8 nitrogen and oxygen atoms in total. The SMILES string of the molecule is O=C(O)OP(=O)(O)OC(=O)O.[KH].[NaH]. The van der Waals surface area contributed by atoms with E-state index in [4.69, 9.17) is 15.1 Å². The number of phosphoric ester groups is 1. The van der Waals surface area contributed by atoms with E-state index in [1.54, 1.807) is 0 Å². The van der Waals surface area contributed by atoms with Crippen molar-refractivity contribution in [3.63, 3.8) is 0 Å². The maximum absolute atomic E-state index is 10.2. The van der Waals surface area contributed by atoms with Crippen LogP contribution < -0.4 is 0 Å². The molecule has 0 bridgehead atoms. The molecule has 0 aliphatic carbocycles. The molecule has 68 valence electrons. The Hall–Kier alpha value is 1.37. The van der Waals surface area contributed by atoms with E-state index in [9.17, 15) is 14.2 Å². The molecular formula is C2H5KNaO8P. The Bertz CT molecular complexity index is 208. The second-order valence-corrected chi connectivity index (χ2v) is 2.49. The van der Waals surface area contributed by atoms with Crippen molar-refractivity contribution >= 4 is 101 Å². The van der Waals surface area contributed by atoms with Crippen molar-refractivity contribution in [1.29, 1.82) is 0 Å². The van der Waals surface area contributed by atoms with Gasteiger partial charge in [-0.2, -0.15) is 0 Å². The average Bonchev–Trinajstić information content (AvgIpc) is 1.53. The molecule has 0 aromatic carbocycles. The summed E-state index contributed by atoms with van der Waals surface area (Å²) >= 11 is 0. The van der Waals surface area contributed by atoms with Crippen LogP contribution in [0, 0.1) is 0 Å². The predicted molar refractivity (Wildman–Crippen MR) is 42.3 cm³/mol. The summed E-state index contributed by atoms with van der Waals surface area (Å²) in [5.74, 6) is 0. The molecule has 0 unspecified atom stereocenters. The Morgan fingerprint density at radius 3 is 1.46 bits per heavy atom. The van der Waals surface area contributed by atoms with Crippen LogP contribution in [0.3, 0.4) is 0 Å². The van der Waals surface area contributed by atoms with Gasteiger partial charge in [0.1, 0.15) is 0 Å². The number of rotatable bonds is 2. The van der Waals surface area contributed by atoms with Gasteiger partial charge >= 0.3 is 101 Å². The fraction of sp³-hybridized carbons (Fsp3) is 0. The van der Waals surface area contributed by atoms with Gasteiger partial charge < -0.3 is 19.3 Å². The first-order chi connectivity index (χ1) is 4.83. The number of carboxylic acid groups (broad SMARTS) is 2. The fourth-order valence-corrected chi connectivity index (χ4v) is 0.648. The topological polar surface area (TPSA) is 130 Å². The third kappa shape index (κ3) is 13.4. The normalized spacial score (nSPS) is 8.69. The molecule has 0 aromatic heterocycles. The number of hydrogen-bond acceptors (Lipinski definition) is 5. The van der Waals surface area contributed by atoms with E-state index in [1.165, 1.54) is 0 Å². The van der Waals surface area contributed by atoms with Gasteiger partial charge in [-0.15, -0.1) is 0 Å². The molecule has 0 heterocycles. The molecule has 11 heteroatoms. The minimum absolute atomic E-state index is 0. The zero-order valence-corrected chi connectivity index (χ0v) is 5.72. The van der Waals surface area contributed by atoms with Crippen LogP contribution >= 0.6 is 7.82 Å². The van der Waals surface area contributed by atoms with Gasteiger partial charge in [0.2, 0.25) is 0 Å². The molecule has 13 heavy (non-hydrogen) atoms. The van der Waals surface area contributed by atoms with Crippen molar-refractivity contribution in [3.05, 3.63) is 0 Å². The zero-order valence-electron chi connectivity index (χ0n) is 4.83. The van der Waals surface area contributed by atoms with Crippen molar-refractivity contribution < 1.29 is 38.3 Å². The van der Waals surface area contributed by atoms with Gasteiger partial charge in [0.05, 0.1) is 0 Å². The molecule has 0 fully saturated rings. The second-order valence-electron chi connectivity index (χ2n) is 1.18. The molecule has 0 aliphatic rings. The van der Waals surface area contributed by atoms with Gasteiger partial charge in [0.25, 0.3) is 0 Å². The molecule has 0 amide bonds. The van der Waals surface area contributed by atoms with E-state index in [-0.39, 0.29) is 80.9 Å². The van der Waals surface area contributed by atoms with Crippen molar-refractivity contribution in [2.45, 2.75) is 0 Å². The van der Waals surface area contributed by atoms with Crippen molar-refractivity contribution in [2.75, 3.05) is 0 Å². The van der Waals surface area contributed by atoms with Crippen molar-refractivity contribution in [2.24, 2.45) is 0 Å². The van der Waals surface area contributed by atoms with E-state index < -0.39 is 20.1 Å². The fourth-order valence-electron chi connectivity index (χ4n) is 0.216. The van der Waals surface area contributed by atoms with E-state index in [2.05, 4.69) is 9.05 Å². The Morgan fingerprint density at radius 2 is 1.31 bits per heavy atom. The molecule has 0 aliphatic heterocycles. The molecule has 0 radical (unpaired) electrons. The van der Waals surface area contributed by atoms with Crippen molar-refractivity contribution in [3.8, 4) is 0 Å². The molecule has 0 saturated heterocycles. The monoisotopic (exact) mass is 250 g/mol. The Kier molecular flexibility index (Phi) is 13.2. The second kappa shape index (κ2) is 8.66. The molecule has 0 atom stereocenters. The summed E-state index contributed by atoms with van der Waals surface area (Å²) in [6.45, 7) is 0. The molecular weight excluding hydrogens is 245 g/mol. The van der Waals surface area contributed by atoms with Crippen LogP contribution in [0.15, 0.2) is 0 Å². The maximum atomic E-state index is 10.2. The number of phosphoric acid groups is 1. The Labute approximate surface area is 137 Å². The van der Waals surface area contributed by atoms with E-state index in [0.717, 1.165) is 0 Å². The minimum atomic E-state index is -5.00. The molecule has 0 aromatic rings. The summed E-state index contributed by atoms with van der Waals surface area (Å²) in [4.78, 5) is 27.3. The van der Waals surface area contributed by atoms with Crippen LogP contribution in [-0.4, -0.2) is 108 Å². The molecule has 3 N–H and O–H groups in total. The van der Waals surface area contributed by atoms with Gasteiger partial charge in [0, 0.05) is 0 Å². The molecule has 0 spiro atoms. The molecule has 0 rings (SSSR count). The van der Waals surface area contributed by atoms with E-state index >= 15 is 0 Å². The van der Waals surface area contributed by atoms with Crippen LogP contribution in [0.2, 0.25) is 0 Å². The summed E-state index contributed by atoms with van der Waals surface area (Å²) in [5, 5.41) is 15.5. The average molecular weight is 250 g/mol. The van der Waals surface area contributed by atoms with E-state index in [1.807, 2.05) is 0 Å². The van der Waals surface area contributed by atoms with Gasteiger partial charge in [-0.3, -0.25) is 4.89 Å². The Balaban J connectivity index is -0.000000500. The first-order valence-electron chi connectivity index (χ1n) is 2.01. The van der Waals surface area contributed by atoms with Crippen LogP contribution in [0.4, 0.5) is 9.59 Å². The van der Waals surface area contributed by atoms with Gasteiger partial charge in [-0.1, -0.05) is 0 Å². The predicted octanol–water partition coefficient (Wildman–Crippen LogP) is -0.821. The van der Waals surface area contributed by atoms with Crippen molar-refractivity contribution in [1.82, 2.24) is 0 Å². The first kappa shape index (κ1) is 19.9. The van der Waals surface area contributed by atoms with Crippen LogP contribution in [0.25, 0.3) is 0 Å². The van der Waals surface area contributed by atoms with Crippen LogP contribution in [0.1, 0.15) is 0 Å². The summed E-state index contributed by atoms with van der Waals surface area (Å²) in [7, 11) is -5.00.